The summed E-state index contributed by atoms with van der Waals surface area (Å²) in [6.07, 6.45) is 0.915. The van der Waals surface area contributed by atoms with Crippen LogP contribution in [0.3, 0.4) is 0 Å². The lowest BCUT2D eigenvalue weighted by Crippen LogP contribution is -2.30. The summed E-state index contributed by atoms with van der Waals surface area (Å²) < 4.78 is 5.63. The molecule has 0 spiro atoms. The average Bonchev–Trinajstić information content (AvgIpc) is 2.53. The number of para-hydroxylation sites is 1. The minimum atomic E-state index is -0.0735. The van der Waals surface area contributed by atoms with Crippen molar-refractivity contribution >= 4 is 17.5 Å². The second-order valence-electron chi connectivity index (χ2n) is 5.09. The van der Waals surface area contributed by atoms with Gasteiger partial charge in [-0.15, -0.1) is 0 Å². The fraction of sp³-hybridized carbons (Fsp3) is 0.235. The van der Waals surface area contributed by atoms with Crippen molar-refractivity contribution in [3.8, 4) is 5.75 Å². The molecule has 1 unspecified atom stereocenters. The van der Waals surface area contributed by atoms with Crippen LogP contribution in [0.4, 0.5) is 0 Å². The summed E-state index contributed by atoms with van der Waals surface area (Å²) in [6.45, 7) is 1.31. The highest BCUT2D eigenvalue weighted by atomic mass is 35.5. The molecule has 0 saturated heterocycles. The fourth-order valence-corrected chi connectivity index (χ4v) is 2.67. The highest BCUT2D eigenvalue weighted by molar-refractivity contribution is 6.30. The quantitative estimate of drug-likeness (QED) is 0.940. The number of fused-ring (bicyclic) bond motifs is 1. The van der Waals surface area contributed by atoms with Crippen LogP contribution in [-0.4, -0.2) is 19.1 Å². The number of rotatable bonds is 3. The van der Waals surface area contributed by atoms with Crippen LogP contribution in [0.15, 0.2) is 48.5 Å². The van der Waals surface area contributed by atoms with Crippen molar-refractivity contribution < 1.29 is 9.53 Å². The maximum Gasteiger partial charge on any atom is 0.251 e. The Labute approximate surface area is 128 Å². The van der Waals surface area contributed by atoms with Crippen LogP contribution in [0, 0.1) is 0 Å². The van der Waals surface area contributed by atoms with Gasteiger partial charge in [0.2, 0.25) is 0 Å². The summed E-state index contributed by atoms with van der Waals surface area (Å²) >= 11 is 5.83. The minimum absolute atomic E-state index is 0.0735. The molecule has 4 heteroatoms. The molecule has 1 heterocycles. The first-order valence-corrected chi connectivity index (χ1v) is 7.37. The topological polar surface area (TPSA) is 38.3 Å². The maximum atomic E-state index is 12.1. The highest BCUT2D eigenvalue weighted by Gasteiger charge is 2.21. The molecule has 1 aliphatic rings. The van der Waals surface area contributed by atoms with Gasteiger partial charge in [-0.2, -0.15) is 0 Å². The van der Waals surface area contributed by atoms with E-state index in [0.29, 0.717) is 29.7 Å². The molecule has 1 aliphatic heterocycles. The third-order valence-corrected chi connectivity index (χ3v) is 3.95. The molecule has 0 bridgehead atoms. The van der Waals surface area contributed by atoms with Crippen molar-refractivity contribution in [3.63, 3.8) is 0 Å². The summed E-state index contributed by atoms with van der Waals surface area (Å²) in [5.41, 5.74) is 1.79. The normalized spacial score (nSPS) is 16.7. The summed E-state index contributed by atoms with van der Waals surface area (Å²) in [5.74, 6) is 1.15. The van der Waals surface area contributed by atoms with Gasteiger partial charge in [0.15, 0.2) is 0 Å². The zero-order valence-corrected chi connectivity index (χ0v) is 12.3. The molecule has 2 aromatic rings. The molecule has 2 aromatic carbocycles. The third kappa shape index (κ3) is 3.19. The zero-order valence-electron chi connectivity index (χ0n) is 11.5. The first kappa shape index (κ1) is 14.0. The molecular weight excluding hydrogens is 286 g/mol. The van der Waals surface area contributed by atoms with Gasteiger partial charge in [0.1, 0.15) is 5.75 Å². The average molecular weight is 302 g/mol. The Hall–Kier alpha value is -2.00. The van der Waals surface area contributed by atoms with Crippen molar-refractivity contribution in [3.05, 3.63) is 64.7 Å². The van der Waals surface area contributed by atoms with Crippen LogP contribution in [-0.2, 0) is 0 Å². The number of hydrogen-bond donors (Lipinski definition) is 1. The Morgan fingerprint density at radius 1 is 1.19 bits per heavy atom. The Morgan fingerprint density at radius 3 is 2.76 bits per heavy atom. The zero-order chi connectivity index (χ0) is 14.7. The second-order valence-corrected chi connectivity index (χ2v) is 5.53. The standard InChI is InChI=1S/C17H16ClNO2/c18-14-7-5-12(6-8-14)17(20)19-11-13-9-10-21-16-4-2-1-3-15(13)16/h1-8,13H,9-11H2,(H,19,20). The van der Waals surface area contributed by atoms with Crippen molar-refractivity contribution in [2.45, 2.75) is 12.3 Å². The van der Waals surface area contributed by atoms with E-state index in [4.69, 9.17) is 16.3 Å². The molecule has 1 N–H and O–H groups in total. The van der Waals surface area contributed by atoms with Gasteiger partial charge in [0.25, 0.3) is 5.91 Å². The maximum absolute atomic E-state index is 12.1. The number of carbonyl (C=O) groups excluding carboxylic acids is 1. The number of nitrogens with one attached hydrogen (secondary N) is 1. The van der Waals surface area contributed by atoms with Gasteiger partial charge in [-0.3, -0.25) is 4.79 Å². The summed E-state index contributed by atoms with van der Waals surface area (Å²) in [5, 5.41) is 3.62. The number of hydrogen-bond acceptors (Lipinski definition) is 2. The number of benzene rings is 2. The van der Waals surface area contributed by atoms with Crippen molar-refractivity contribution in [2.75, 3.05) is 13.2 Å². The lowest BCUT2D eigenvalue weighted by Gasteiger charge is -2.26. The predicted octanol–water partition coefficient (Wildman–Crippen LogP) is 3.64. The minimum Gasteiger partial charge on any atom is -0.493 e. The van der Waals surface area contributed by atoms with Gasteiger partial charge in [-0.05, 0) is 42.3 Å². The van der Waals surface area contributed by atoms with Crippen molar-refractivity contribution in [1.29, 1.82) is 0 Å². The molecular formula is C17H16ClNO2. The largest absolute Gasteiger partial charge is 0.493 e. The lowest BCUT2D eigenvalue weighted by atomic mass is 9.93. The van der Waals surface area contributed by atoms with E-state index in [-0.39, 0.29) is 5.91 Å². The summed E-state index contributed by atoms with van der Waals surface area (Å²) in [7, 11) is 0. The monoisotopic (exact) mass is 301 g/mol. The third-order valence-electron chi connectivity index (χ3n) is 3.70. The smallest absolute Gasteiger partial charge is 0.251 e. The Morgan fingerprint density at radius 2 is 1.95 bits per heavy atom. The molecule has 3 rings (SSSR count). The Balaban J connectivity index is 1.66. The molecule has 3 nitrogen and oxygen atoms in total. The summed E-state index contributed by atoms with van der Waals surface area (Å²) in [4.78, 5) is 12.1. The van der Waals surface area contributed by atoms with Gasteiger partial charge >= 0.3 is 0 Å². The second kappa shape index (κ2) is 6.19. The van der Waals surface area contributed by atoms with Crippen LogP contribution in [0.2, 0.25) is 5.02 Å². The van der Waals surface area contributed by atoms with E-state index < -0.39 is 0 Å². The first-order chi connectivity index (χ1) is 10.2. The molecule has 0 aromatic heterocycles. The van der Waals surface area contributed by atoms with E-state index in [2.05, 4.69) is 11.4 Å². The van der Waals surface area contributed by atoms with E-state index in [1.54, 1.807) is 24.3 Å². The predicted molar refractivity (Wildman–Crippen MR) is 83.1 cm³/mol. The molecule has 21 heavy (non-hydrogen) atoms. The van der Waals surface area contributed by atoms with Crippen LogP contribution in [0.5, 0.6) is 5.75 Å². The first-order valence-electron chi connectivity index (χ1n) is 6.99. The lowest BCUT2D eigenvalue weighted by molar-refractivity contribution is 0.0948. The molecule has 108 valence electrons. The molecule has 0 saturated carbocycles. The van der Waals surface area contributed by atoms with E-state index in [1.165, 1.54) is 5.56 Å². The fourth-order valence-electron chi connectivity index (χ4n) is 2.55. The number of amides is 1. The van der Waals surface area contributed by atoms with E-state index in [0.717, 1.165) is 12.2 Å². The number of carbonyl (C=O) groups is 1. The Bertz CT molecular complexity index is 639. The van der Waals surface area contributed by atoms with Gasteiger partial charge < -0.3 is 10.1 Å². The van der Waals surface area contributed by atoms with Crippen LogP contribution >= 0.6 is 11.6 Å². The van der Waals surface area contributed by atoms with Crippen molar-refractivity contribution in [1.82, 2.24) is 5.32 Å². The van der Waals surface area contributed by atoms with Gasteiger partial charge in [-0.1, -0.05) is 29.8 Å². The van der Waals surface area contributed by atoms with E-state index >= 15 is 0 Å². The highest BCUT2D eigenvalue weighted by Crippen LogP contribution is 2.32. The number of halogens is 1. The van der Waals surface area contributed by atoms with E-state index in [1.807, 2.05) is 18.2 Å². The SMILES string of the molecule is O=C(NCC1CCOc2ccccc21)c1ccc(Cl)cc1. The van der Waals surface area contributed by atoms with E-state index in [9.17, 15) is 4.79 Å². The molecule has 1 amide bonds. The Kier molecular flexibility index (Phi) is 4.11. The van der Waals surface area contributed by atoms with Crippen LogP contribution in [0.1, 0.15) is 28.3 Å². The molecule has 0 radical (unpaired) electrons. The summed E-state index contributed by atoms with van der Waals surface area (Å²) in [6, 6.07) is 14.9. The van der Waals surface area contributed by atoms with Crippen molar-refractivity contribution in [2.24, 2.45) is 0 Å². The van der Waals surface area contributed by atoms with Crippen LogP contribution in [0.25, 0.3) is 0 Å². The molecule has 1 atom stereocenters. The number of ether oxygens (including phenoxy) is 1. The van der Waals surface area contributed by atoms with Gasteiger partial charge in [0.05, 0.1) is 6.61 Å². The van der Waals surface area contributed by atoms with Crippen LogP contribution < -0.4 is 10.1 Å². The van der Waals surface area contributed by atoms with Gasteiger partial charge in [-0.25, -0.2) is 0 Å². The molecule has 0 aliphatic carbocycles. The van der Waals surface area contributed by atoms with Gasteiger partial charge in [0, 0.05) is 23.0 Å². The molecule has 0 fully saturated rings.